The Morgan fingerprint density at radius 3 is 3.00 bits per heavy atom. The highest BCUT2D eigenvalue weighted by atomic mass is 35.5. The van der Waals surface area contributed by atoms with Crippen LogP contribution in [-0.4, -0.2) is 24.6 Å². The smallest absolute Gasteiger partial charge is 0.228 e. The van der Waals surface area contributed by atoms with Crippen LogP contribution in [-0.2, 0) is 11.2 Å². The molecule has 4 heteroatoms. The fraction of sp³-hybridized carbons (Fsp3) is 0.385. The quantitative estimate of drug-likeness (QED) is 0.611. The maximum atomic E-state index is 11.9. The zero-order valence-electron chi connectivity index (χ0n) is 9.49. The van der Waals surface area contributed by atoms with Crippen molar-refractivity contribution in [1.82, 2.24) is 0 Å². The lowest BCUT2D eigenvalue weighted by molar-refractivity contribution is -0.118. The van der Waals surface area contributed by atoms with Gasteiger partial charge in [0.25, 0.3) is 0 Å². The van der Waals surface area contributed by atoms with E-state index in [0.29, 0.717) is 17.9 Å². The monoisotopic (exact) mass is 251 g/mol. The third-order valence-corrected chi connectivity index (χ3v) is 3.16. The highest BCUT2D eigenvalue weighted by molar-refractivity contribution is 6.19. The first-order valence-corrected chi connectivity index (χ1v) is 6.24. The lowest BCUT2D eigenvalue weighted by Gasteiger charge is -2.29. The van der Waals surface area contributed by atoms with Gasteiger partial charge in [0.1, 0.15) is 6.29 Å². The van der Waals surface area contributed by atoms with Crippen LogP contribution in [0.1, 0.15) is 28.8 Å². The van der Waals surface area contributed by atoms with Crippen molar-refractivity contribution in [3.05, 3.63) is 29.3 Å². The predicted octanol–water partition coefficient (Wildman–Crippen LogP) is 2.41. The van der Waals surface area contributed by atoms with E-state index in [-0.39, 0.29) is 5.91 Å². The molecule has 0 aliphatic carbocycles. The molecule has 0 spiro atoms. The molecular formula is C13H14ClNO2. The van der Waals surface area contributed by atoms with Gasteiger partial charge >= 0.3 is 0 Å². The first-order valence-electron chi connectivity index (χ1n) is 5.70. The van der Waals surface area contributed by atoms with Crippen molar-refractivity contribution >= 4 is 29.5 Å². The SMILES string of the molecule is O=Cc1ccc2c(c1)CCCN2C(=O)CCCl. The second-order valence-corrected chi connectivity index (χ2v) is 4.47. The number of carbonyl (C=O) groups excluding carboxylic acids is 2. The molecule has 3 nitrogen and oxygen atoms in total. The van der Waals surface area contributed by atoms with Crippen LogP contribution in [0.2, 0.25) is 0 Å². The molecule has 1 aromatic carbocycles. The summed E-state index contributed by atoms with van der Waals surface area (Å²) < 4.78 is 0. The minimum atomic E-state index is 0.0554. The molecule has 1 aromatic rings. The summed E-state index contributed by atoms with van der Waals surface area (Å²) in [5.74, 6) is 0.400. The summed E-state index contributed by atoms with van der Waals surface area (Å²) in [7, 11) is 0. The number of aldehydes is 1. The number of nitrogens with zero attached hydrogens (tertiary/aromatic N) is 1. The first-order chi connectivity index (χ1) is 8.26. The molecule has 1 aliphatic rings. The summed E-state index contributed by atoms with van der Waals surface area (Å²) in [6.45, 7) is 0.739. The average Bonchev–Trinajstić information content (AvgIpc) is 2.37. The van der Waals surface area contributed by atoms with Gasteiger partial charge in [0, 0.05) is 30.1 Å². The number of alkyl halides is 1. The van der Waals surface area contributed by atoms with Gasteiger partial charge < -0.3 is 4.90 Å². The molecule has 2 rings (SSSR count). The van der Waals surface area contributed by atoms with Crippen molar-refractivity contribution in [1.29, 1.82) is 0 Å². The highest BCUT2D eigenvalue weighted by Gasteiger charge is 2.21. The summed E-state index contributed by atoms with van der Waals surface area (Å²) in [6.07, 6.45) is 3.04. The minimum Gasteiger partial charge on any atom is -0.312 e. The maximum Gasteiger partial charge on any atom is 0.228 e. The van der Waals surface area contributed by atoms with Gasteiger partial charge in [-0.15, -0.1) is 11.6 Å². The van der Waals surface area contributed by atoms with Gasteiger partial charge in [-0.1, -0.05) is 0 Å². The van der Waals surface area contributed by atoms with Crippen molar-refractivity contribution in [2.75, 3.05) is 17.3 Å². The molecule has 1 heterocycles. The van der Waals surface area contributed by atoms with Crippen LogP contribution in [0.5, 0.6) is 0 Å². The number of hydrogen-bond acceptors (Lipinski definition) is 2. The average molecular weight is 252 g/mol. The van der Waals surface area contributed by atoms with Crippen molar-refractivity contribution in [3.8, 4) is 0 Å². The predicted molar refractivity (Wildman–Crippen MR) is 67.8 cm³/mol. The zero-order valence-corrected chi connectivity index (χ0v) is 10.2. The Hall–Kier alpha value is -1.35. The standard InChI is InChI=1S/C13H14ClNO2/c14-6-5-13(17)15-7-1-2-11-8-10(9-16)3-4-12(11)15/h3-4,8-9H,1-2,5-7H2. The number of rotatable bonds is 3. The number of amides is 1. The number of carbonyl (C=O) groups is 2. The molecule has 0 N–H and O–H groups in total. The van der Waals surface area contributed by atoms with E-state index in [0.717, 1.165) is 36.9 Å². The van der Waals surface area contributed by atoms with E-state index in [1.165, 1.54) is 0 Å². The van der Waals surface area contributed by atoms with Crippen LogP contribution >= 0.6 is 11.6 Å². The van der Waals surface area contributed by atoms with E-state index in [9.17, 15) is 9.59 Å². The molecule has 0 atom stereocenters. The summed E-state index contributed by atoms with van der Waals surface area (Å²) in [5, 5.41) is 0. The van der Waals surface area contributed by atoms with Crippen molar-refractivity contribution in [3.63, 3.8) is 0 Å². The molecule has 0 unspecified atom stereocenters. The largest absolute Gasteiger partial charge is 0.312 e. The van der Waals surface area contributed by atoms with Crippen LogP contribution in [0.25, 0.3) is 0 Å². The van der Waals surface area contributed by atoms with E-state index in [1.807, 2.05) is 12.1 Å². The van der Waals surface area contributed by atoms with Gasteiger partial charge in [0.15, 0.2) is 0 Å². The second kappa shape index (κ2) is 5.32. The lowest BCUT2D eigenvalue weighted by Crippen LogP contribution is -2.35. The van der Waals surface area contributed by atoms with Crippen molar-refractivity contribution < 1.29 is 9.59 Å². The molecule has 0 bridgehead atoms. The van der Waals surface area contributed by atoms with Crippen LogP contribution < -0.4 is 4.90 Å². The molecule has 1 amide bonds. The van der Waals surface area contributed by atoms with Crippen molar-refractivity contribution in [2.24, 2.45) is 0 Å². The Morgan fingerprint density at radius 2 is 2.29 bits per heavy atom. The normalized spacial score (nSPS) is 14.3. The van der Waals surface area contributed by atoms with E-state index in [4.69, 9.17) is 11.6 Å². The Bertz CT molecular complexity index is 445. The molecule has 0 aromatic heterocycles. The minimum absolute atomic E-state index is 0.0554. The van der Waals surface area contributed by atoms with Gasteiger partial charge in [0.05, 0.1) is 0 Å². The van der Waals surface area contributed by atoms with E-state index in [1.54, 1.807) is 11.0 Å². The first kappa shape index (κ1) is 12.1. The van der Waals surface area contributed by atoms with E-state index in [2.05, 4.69) is 0 Å². The second-order valence-electron chi connectivity index (χ2n) is 4.09. The number of fused-ring (bicyclic) bond motifs is 1. The number of halogens is 1. The Labute approximate surface area is 105 Å². The number of benzene rings is 1. The summed E-state index contributed by atoms with van der Waals surface area (Å²) >= 11 is 5.60. The number of anilines is 1. The fourth-order valence-electron chi connectivity index (χ4n) is 2.17. The summed E-state index contributed by atoms with van der Waals surface area (Å²) in [6, 6.07) is 5.46. The Kier molecular flexibility index (Phi) is 3.79. The third kappa shape index (κ3) is 2.50. The molecule has 1 aliphatic heterocycles. The Morgan fingerprint density at radius 1 is 1.47 bits per heavy atom. The number of aryl methyl sites for hydroxylation is 1. The summed E-state index contributed by atoms with van der Waals surface area (Å²) in [5.41, 5.74) is 2.66. The highest BCUT2D eigenvalue weighted by Crippen LogP contribution is 2.28. The van der Waals surface area contributed by atoms with E-state index >= 15 is 0 Å². The molecule has 0 fully saturated rings. The lowest BCUT2D eigenvalue weighted by atomic mass is 9.99. The van der Waals surface area contributed by atoms with Crippen LogP contribution in [0.3, 0.4) is 0 Å². The van der Waals surface area contributed by atoms with E-state index < -0.39 is 0 Å². The van der Waals surface area contributed by atoms with Gasteiger partial charge in [0.2, 0.25) is 5.91 Å². The van der Waals surface area contributed by atoms with Gasteiger partial charge in [-0.05, 0) is 36.6 Å². The fourth-order valence-corrected chi connectivity index (χ4v) is 2.33. The molecule has 90 valence electrons. The van der Waals surface area contributed by atoms with Crippen LogP contribution in [0, 0.1) is 0 Å². The molecular weight excluding hydrogens is 238 g/mol. The zero-order chi connectivity index (χ0) is 12.3. The third-order valence-electron chi connectivity index (χ3n) is 2.97. The van der Waals surface area contributed by atoms with Gasteiger partial charge in [-0.3, -0.25) is 9.59 Å². The molecule has 17 heavy (non-hydrogen) atoms. The molecule has 0 saturated carbocycles. The number of hydrogen-bond donors (Lipinski definition) is 0. The summed E-state index contributed by atoms with van der Waals surface area (Å²) in [4.78, 5) is 24.4. The molecule has 0 radical (unpaired) electrons. The van der Waals surface area contributed by atoms with Gasteiger partial charge in [-0.2, -0.15) is 0 Å². The topological polar surface area (TPSA) is 37.4 Å². The Balaban J connectivity index is 2.31. The van der Waals surface area contributed by atoms with Crippen molar-refractivity contribution in [2.45, 2.75) is 19.3 Å². The van der Waals surface area contributed by atoms with Gasteiger partial charge in [-0.25, -0.2) is 0 Å². The van der Waals surface area contributed by atoms with Crippen LogP contribution in [0.15, 0.2) is 18.2 Å². The maximum absolute atomic E-state index is 11.9. The molecule has 0 saturated heterocycles. The van der Waals surface area contributed by atoms with Crippen LogP contribution in [0.4, 0.5) is 5.69 Å².